The lowest BCUT2D eigenvalue weighted by atomic mass is 10.2. The summed E-state index contributed by atoms with van der Waals surface area (Å²) in [5.41, 5.74) is 1.37. The van der Waals surface area contributed by atoms with Gasteiger partial charge in [0.2, 0.25) is 11.8 Å². The van der Waals surface area contributed by atoms with Crippen molar-refractivity contribution in [2.24, 2.45) is 0 Å². The number of hydrogen-bond acceptors (Lipinski definition) is 5. The molecule has 2 heterocycles. The first-order chi connectivity index (χ1) is 16.6. The van der Waals surface area contributed by atoms with Gasteiger partial charge in [0.15, 0.2) is 5.58 Å². The zero-order valence-corrected chi connectivity index (χ0v) is 20.5. The molecule has 0 fully saturated rings. The molecule has 0 atom stereocenters. The minimum atomic E-state index is -4.61. The van der Waals surface area contributed by atoms with E-state index in [0.29, 0.717) is 22.7 Å². The van der Waals surface area contributed by atoms with Gasteiger partial charge in [-0.3, -0.25) is 4.79 Å². The van der Waals surface area contributed by atoms with Gasteiger partial charge < -0.3 is 8.98 Å². The van der Waals surface area contributed by atoms with Crippen molar-refractivity contribution in [3.8, 4) is 11.6 Å². The van der Waals surface area contributed by atoms with E-state index >= 15 is 4.39 Å². The number of halogens is 3. The molecule has 35 heavy (non-hydrogen) atoms. The number of nitrogens with zero attached hydrogens (tertiary/aromatic N) is 2. The number of sulfonamides is 1. The van der Waals surface area contributed by atoms with Crippen LogP contribution in [0.2, 0.25) is 0 Å². The molecule has 0 saturated carbocycles. The van der Waals surface area contributed by atoms with Gasteiger partial charge in [-0.2, -0.15) is 0 Å². The van der Waals surface area contributed by atoms with Gasteiger partial charge in [0.25, 0.3) is 10.0 Å². The molecule has 2 aromatic heterocycles. The minimum Gasteiger partial charge on any atom is -0.435 e. The SMILES string of the molecule is CC(=O)NS(=O)(=O)c1c(-c2nc3ccccc3o2)n(Cc2cccc(Br)c2)c2cc(F)cc(F)c12. The summed E-state index contributed by atoms with van der Waals surface area (Å²) < 4.78 is 66.2. The topological polar surface area (TPSA) is 94.2 Å². The summed E-state index contributed by atoms with van der Waals surface area (Å²) in [5.74, 6) is -2.99. The summed E-state index contributed by atoms with van der Waals surface area (Å²) in [6.45, 7) is 1.05. The molecule has 0 radical (unpaired) electrons. The monoisotopic (exact) mass is 559 g/mol. The Labute approximate surface area is 206 Å². The molecule has 0 aliphatic rings. The number of aromatic nitrogens is 2. The van der Waals surface area contributed by atoms with Crippen molar-refractivity contribution < 1.29 is 26.4 Å². The largest absolute Gasteiger partial charge is 0.435 e. The Hall–Kier alpha value is -3.57. The first kappa shape index (κ1) is 23.2. The number of carbonyl (C=O) groups excluding carboxylic acids is 1. The van der Waals surface area contributed by atoms with Crippen LogP contribution in [0, 0.1) is 11.6 Å². The van der Waals surface area contributed by atoms with Crippen molar-refractivity contribution in [3.63, 3.8) is 0 Å². The second-order valence-electron chi connectivity index (χ2n) is 7.82. The predicted octanol–water partition coefficient (Wildman–Crippen LogP) is 5.36. The minimum absolute atomic E-state index is 0.0302. The Kier molecular flexibility index (Phi) is 5.68. The molecule has 0 spiro atoms. The molecule has 11 heteroatoms. The van der Waals surface area contributed by atoms with Crippen LogP contribution in [0.5, 0.6) is 0 Å². The van der Waals surface area contributed by atoms with Crippen LogP contribution in [0.15, 0.2) is 74.4 Å². The maximum Gasteiger partial charge on any atom is 0.267 e. The van der Waals surface area contributed by atoms with Crippen LogP contribution in [-0.2, 0) is 21.4 Å². The molecule has 178 valence electrons. The van der Waals surface area contributed by atoms with Crippen molar-refractivity contribution in [1.82, 2.24) is 14.3 Å². The van der Waals surface area contributed by atoms with E-state index < -0.39 is 32.5 Å². The van der Waals surface area contributed by atoms with E-state index in [-0.39, 0.29) is 29.0 Å². The fourth-order valence-electron chi connectivity index (χ4n) is 4.03. The molecule has 0 aliphatic heterocycles. The summed E-state index contributed by atoms with van der Waals surface area (Å²) in [6, 6.07) is 15.6. The summed E-state index contributed by atoms with van der Waals surface area (Å²) in [4.78, 5) is 15.6. The summed E-state index contributed by atoms with van der Waals surface area (Å²) >= 11 is 3.40. The number of benzene rings is 3. The van der Waals surface area contributed by atoms with Crippen LogP contribution in [0.3, 0.4) is 0 Å². The lowest BCUT2D eigenvalue weighted by Crippen LogP contribution is -2.28. The van der Waals surface area contributed by atoms with Gasteiger partial charge in [-0.1, -0.05) is 40.2 Å². The molecule has 0 saturated heterocycles. The number of para-hydroxylation sites is 2. The van der Waals surface area contributed by atoms with E-state index in [2.05, 4.69) is 20.9 Å². The van der Waals surface area contributed by atoms with Crippen molar-refractivity contribution >= 4 is 53.9 Å². The molecule has 1 N–H and O–H groups in total. The highest BCUT2D eigenvalue weighted by Gasteiger charge is 2.34. The van der Waals surface area contributed by atoms with Gasteiger partial charge in [-0.05, 0) is 35.9 Å². The number of oxazole rings is 1. The molecular formula is C24H16BrF2N3O4S. The maximum absolute atomic E-state index is 15.2. The highest BCUT2D eigenvalue weighted by molar-refractivity contribution is 9.10. The van der Waals surface area contributed by atoms with E-state index in [0.717, 1.165) is 17.5 Å². The van der Waals surface area contributed by atoms with Gasteiger partial charge in [0.1, 0.15) is 27.7 Å². The number of rotatable bonds is 5. The van der Waals surface area contributed by atoms with E-state index in [1.165, 1.54) is 4.57 Å². The molecule has 5 rings (SSSR count). The normalized spacial score (nSPS) is 11.9. The van der Waals surface area contributed by atoms with Crippen LogP contribution >= 0.6 is 15.9 Å². The quantitative estimate of drug-likeness (QED) is 0.312. The third-order valence-corrected chi connectivity index (χ3v) is 7.29. The third kappa shape index (κ3) is 4.21. The maximum atomic E-state index is 15.2. The fraction of sp³-hybridized carbons (Fsp3) is 0.0833. The summed E-state index contributed by atoms with van der Waals surface area (Å²) in [6.07, 6.45) is 0. The van der Waals surface area contributed by atoms with Crippen molar-refractivity contribution in [1.29, 1.82) is 0 Å². The predicted molar refractivity (Wildman–Crippen MR) is 129 cm³/mol. The van der Waals surface area contributed by atoms with E-state index in [1.807, 2.05) is 10.8 Å². The van der Waals surface area contributed by atoms with Gasteiger partial charge in [0.05, 0.1) is 10.9 Å². The third-order valence-electron chi connectivity index (χ3n) is 5.31. The lowest BCUT2D eigenvalue weighted by Gasteiger charge is -2.11. The fourth-order valence-corrected chi connectivity index (χ4v) is 5.88. The average Bonchev–Trinajstić information content (AvgIpc) is 3.33. The van der Waals surface area contributed by atoms with Crippen LogP contribution in [0.1, 0.15) is 12.5 Å². The highest BCUT2D eigenvalue weighted by Crippen LogP contribution is 2.40. The van der Waals surface area contributed by atoms with Crippen molar-refractivity contribution in [3.05, 3.63) is 82.3 Å². The molecule has 5 aromatic rings. The Morgan fingerprint density at radius 2 is 1.89 bits per heavy atom. The van der Waals surface area contributed by atoms with E-state index in [1.54, 1.807) is 42.5 Å². The Balaban J connectivity index is 1.92. The Bertz CT molecular complexity index is 1710. The first-order valence-electron chi connectivity index (χ1n) is 10.3. The molecule has 7 nitrogen and oxygen atoms in total. The number of amides is 1. The molecular weight excluding hydrogens is 544 g/mol. The number of fused-ring (bicyclic) bond motifs is 2. The molecule has 0 bridgehead atoms. The first-order valence-corrected chi connectivity index (χ1v) is 12.6. The molecule has 3 aromatic carbocycles. The van der Waals surface area contributed by atoms with E-state index in [9.17, 15) is 17.6 Å². The average molecular weight is 560 g/mol. The van der Waals surface area contributed by atoms with Crippen LogP contribution in [-0.4, -0.2) is 23.9 Å². The van der Waals surface area contributed by atoms with Gasteiger partial charge in [-0.15, -0.1) is 0 Å². The molecule has 0 aliphatic carbocycles. The number of hydrogen-bond donors (Lipinski definition) is 1. The summed E-state index contributed by atoms with van der Waals surface area (Å²) in [5, 5.41) is -0.382. The molecule has 0 unspecified atom stereocenters. The Morgan fingerprint density at radius 1 is 1.11 bits per heavy atom. The van der Waals surface area contributed by atoms with Crippen molar-refractivity contribution in [2.45, 2.75) is 18.4 Å². The van der Waals surface area contributed by atoms with E-state index in [4.69, 9.17) is 4.42 Å². The van der Waals surface area contributed by atoms with Crippen LogP contribution in [0.25, 0.3) is 33.6 Å². The van der Waals surface area contributed by atoms with Crippen LogP contribution < -0.4 is 4.72 Å². The smallest absolute Gasteiger partial charge is 0.267 e. The van der Waals surface area contributed by atoms with Crippen molar-refractivity contribution in [2.75, 3.05) is 0 Å². The standard InChI is InChI=1S/C24H16BrF2N3O4S/c1-13(31)29-35(32,33)23-21-17(27)10-16(26)11-19(21)30(12-14-5-4-6-15(25)9-14)22(23)24-28-18-7-2-3-8-20(18)34-24/h2-11H,12H2,1H3,(H,29,31). The zero-order valence-electron chi connectivity index (χ0n) is 18.1. The zero-order chi connectivity index (χ0) is 24.9. The second kappa shape index (κ2) is 8.58. The summed E-state index contributed by atoms with van der Waals surface area (Å²) in [7, 11) is -4.61. The number of nitrogens with one attached hydrogen (secondary N) is 1. The Morgan fingerprint density at radius 3 is 2.60 bits per heavy atom. The van der Waals surface area contributed by atoms with Crippen LogP contribution in [0.4, 0.5) is 8.78 Å². The van der Waals surface area contributed by atoms with Gasteiger partial charge in [0, 0.05) is 24.0 Å². The highest BCUT2D eigenvalue weighted by atomic mass is 79.9. The van der Waals surface area contributed by atoms with Gasteiger partial charge in [-0.25, -0.2) is 26.9 Å². The van der Waals surface area contributed by atoms with Gasteiger partial charge >= 0.3 is 0 Å². The molecule has 1 amide bonds. The lowest BCUT2D eigenvalue weighted by molar-refractivity contribution is -0.117. The number of carbonyl (C=O) groups is 1. The second-order valence-corrected chi connectivity index (χ2v) is 10.4.